The molecule has 1 amide bonds. The van der Waals surface area contributed by atoms with Crippen LogP contribution in [-0.4, -0.2) is 62.1 Å². The van der Waals surface area contributed by atoms with Crippen LogP contribution in [0, 0.1) is 0 Å². The average molecular weight is 480 g/mol. The van der Waals surface area contributed by atoms with Crippen LogP contribution in [0.4, 0.5) is 13.2 Å². The van der Waals surface area contributed by atoms with Crippen LogP contribution in [0.25, 0.3) is 0 Å². The Morgan fingerprint density at radius 2 is 1.48 bits per heavy atom. The number of nitrogens with two attached hydrogens (primary N) is 1. The van der Waals surface area contributed by atoms with Crippen LogP contribution in [-0.2, 0) is 33.3 Å². The summed E-state index contributed by atoms with van der Waals surface area (Å²) in [7, 11) is -7.11. The number of aromatic nitrogens is 1. The van der Waals surface area contributed by atoms with Crippen molar-refractivity contribution >= 4 is 26.0 Å². The molecule has 3 rings (SSSR count). The van der Waals surface area contributed by atoms with Gasteiger partial charge < -0.3 is 10.3 Å². The minimum Gasteiger partial charge on any atom is -0.364 e. The molecule has 170 valence electrons. The lowest BCUT2D eigenvalue weighted by Crippen LogP contribution is -2.50. The van der Waals surface area contributed by atoms with E-state index in [2.05, 4.69) is 0 Å². The van der Waals surface area contributed by atoms with Crippen molar-refractivity contribution in [2.45, 2.75) is 16.0 Å². The van der Waals surface area contributed by atoms with E-state index in [1.165, 1.54) is 23.9 Å². The fraction of sp³-hybridized carbons (Fsp3) is 0.353. The lowest BCUT2D eigenvalue weighted by molar-refractivity contribution is -0.139. The number of benzene rings is 1. The van der Waals surface area contributed by atoms with Crippen molar-refractivity contribution in [1.82, 2.24) is 13.2 Å². The monoisotopic (exact) mass is 480 g/mol. The summed E-state index contributed by atoms with van der Waals surface area (Å²) in [5.41, 5.74) is 3.88. The van der Waals surface area contributed by atoms with Crippen molar-refractivity contribution < 1.29 is 34.8 Å². The Labute approximate surface area is 176 Å². The maximum atomic E-state index is 13.2. The highest BCUT2D eigenvalue weighted by molar-refractivity contribution is 7.89. The number of aryl methyl sites for hydroxylation is 1. The van der Waals surface area contributed by atoms with Crippen molar-refractivity contribution in [3.63, 3.8) is 0 Å². The summed E-state index contributed by atoms with van der Waals surface area (Å²) in [5.74, 6) is -0.816. The lowest BCUT2D eigenvalue weighted by atomic mass is 10.2. The zero-order valence-corrected chi connectivity index (χ0v) is 17.8. The van der Waals surface area contributed by atoms with Crippen LogP contribution in [0.15, 0.2) is 46.3 Å². The molecule has 0 bridgehead atoms. The van der Waals surface area contributed by atoms with E-state index < -0.39 is 42.6 Å². The average Bonchev–Trinajstić information content (AvgIpc) is 3.10. The smallest absolute Gasteiger partial charge is 0.364 e. The molecule has 0 aliphatic carbocycles. The van der Waals surface area contributed by atoms with Gasteiger partial charge in [0.15, 0.2) is 0 Å². The summed E-state index contributed by atoms with van der Waals surface area (Å²) in [6, 6.07) is 4.94. The van der Waals surface area contributed by atoms with E-state index in [0.29, 0.717) is 6.07 Å². The van der Waals surface area contributed by atoms with Crippen molar-refractivity contribution in [1.29, 1.82) is 0 Å². The number of carbonyl (C=O) groups is 1. The molecule has 1 aliphatic heterocycles. The quantitative estimate of drug-likeness (QED) is 0.680. The third-order valence-electron chi connectivity index (χ3n) is 4.88. The molecule has 1 aromatic carbocycles. The first-order chi connectivity index (χ1) is 14.3. The number of amides is 1. The molecule has 0 radical (unpaired) electrons. The summed E-state index contributed by atoms with van der Waals surface area (Å²) in [6.07, 6.45) is -3.65. The van der Waals surface area contributed by atoms with E-state index in [1.54, 1.807) is 0 Å². The molecule has 2 heterocycles. The van der Waals surface area contributed by atoms with Crippen LogP contribution >= 0.6 is 0 Å². The van der Waals surface area contributed by atoms with Crippen molar-refractivity contribution in [3.8, 4) is 0 Å². The number of hydrogen-bond donors (Lipinski definition) is 1. The molecule has 9 nitrogen and oxygen atoms in total. The Bertz CT molecular complexity index is 1210. The summed E-state index contributed by atoms with van der Waals surface area (Å²) >= 11 is 0. The number of rotatable bonds is 5. The topological polar surface area (TPSA) is 123 Å². The van der Waals surface area contributed by atoms with Gasteiger partial charge in [-0.15, -0.1) is 0 Å². The number of alkyl halides is 3. The Hall–Kier alpha value is -2.42. The van der Waals surface area contributed by atoms with Gasteiger partial charge in [-0.05, 0) is 18.2 Å². The van der Waals surface area contributed by atoms with Crippen molar-refractivity contribution in [2.75, 3.05) is 26.2 Å². The highest BCUT2D eigenvalue weighted by atomic mass is 32.2. The SMILES string of the molecule is Cn1cc(S(=O)(=O)N2CCN(S(=O)(=O)c3ccccc3C(F)(F)F)CC2)cc1C(N)=O. The predicted octanol–water partition coefficient (Wildman–Crippen LogP) is 0.838. The maximum absolute atomic E-state index is 13.2. The number of primary amides is 1. The van der Waals surface area contributed by atoms with E-state index >= 15 is 0 Å². The molecule has 0 atom stereocenters. The summed E-state index contributed by atoms with van der Waals surface area (Å²) in [5, 5.41) is 0. The Kier molecular flexibility index (Phi) is 5.94. The van der Waals surface area contributed by atoms with Gasteiger partial charge in [-0.2, -0.15) is 21.8 Å². The van der Waals surface area contributed by atoms with Gasteiger partial charge in [-0.3, -0.25) is 4.79 Å². The van der Waals surface area contributed by atoms with Gasteiger partial charge in [0.1, 0.15) is 10.6 Å². The van der Waals surface area contributed by atoms with Crippen LogP contribution < -0.4 is 5.73 Å². The largest absolute Gasteiger partial charge is 0.417 e. The number of piperazine rings is 1. The second-order valence-corrected chi connectivity index (χ2v) is 10.7. The molecular formula is C17H19F3N4O5S2. The van der Waals surface area contributed by atoms with Crippen LogP contribution in [0.5, 0.6) is 0 Å². The number of sulfonamides is 2. The van der Waals surface area contributed by atoms with Gasteiger partial charge in [-0.1, -0.05) is 12.1 Å². The normalized spacial score (nSPS) is 17.0. The standard InChI is InChI=1S/C17H19F3N4O5S2/c1-22-11-12(10-14(22)16(21)25)30(26,27)23-6-8-24(9-7-23)31(28,29)15-5-3-2-4-13(15)17(18,19)20/h2-5,10-11H,6-9H2,1H3,(H2,21,25). The molecule has 1 saturated heterocycles. The molecule has 0 spiro atoms. The first-order valence-corrected chi connectivity index (χ1v) is 11.8. The van der Waals surface area contributed by atoms with Gasteiger partial charge in [0.05, 0.1) is 10.5 Å². The third kappa shape index (κ3) is 4.33. The summed E-state index contributed by atoms with van der Waals surface area (Å²) < 4.78 is 94.1. The number of carbonyl (C=O) groups excluding carboxylic acids is 1. The fourth-order valence-corrected chi connectivity index (χ4v) is 6.41. The molecule has 31 heavy (non-hydrogen) atoms. The summed E-state index contributed by atoms with van der Waals surface area (Å²) in [4.78, 5) is 10.3. The van der Waals surface area contributed by atoms with E-state index in [0.717, 1.165) is 26.8 Å². The number of halogens is 3. The van der Waals surface area contributed by atoms with Gasteiger partial charge in [0.25, 0.3) is 5.91 Å². The minimum absolute atomic E-state index is 0.0245. The molecule has 14 heteroatoms. The molecule has 2 aromatic rings. The fourth-order valence-electron chi connectivity index (χ4n) is 3.28. The van der Waals surface area contributed by atoms with Crippen LogP contribution in [0.1, 0.15) is 16.1 Å². The molecular weight excluding hydrogens is 461 g/mol. The number of nitrogens with zero attached hydrogens (tertiary/aromatic N) is 3. The molecule has 1 aliphatic rings. The Morgan fingerprint density at radius 3 is 1.97 bits per heavy atom. The third-order valence-corrected chi connectivity index (χ3v) is 8.70. The summed E-state index contributed by atoms with van der Waals surface area (Å²) in [6.45, 7) is -1.19. The van der Waals surface area contributed by atoms with Crippen molar-refractivity contribution in [3.05, 3.63) is 47.8 Å². The zero-order chi connectivity index (χ0) is 23.2. The van der Waals surface area contributed by atoms with Gasteiger partial charge in [0.2, 0.25) is 20.0 Å². The first kappa shape index (κ1) is 23.2. The molecule has 1 fully saturated rings. The second-order valence-electron chi connectivity index (χ2n) is 6.84. The van der Waals surface area contributed by atoms with Gasteiger partial charge >= 0.3 is 6.18 Å². The molecule has 0 saturated carbocycles. The lowest BCUT2D eigenvalue weighted by Gasteiger charge is -2.33. The van der Waals surface area contributed by atoms with Crippen molar-refractivity contribution in [2.24, 2.45) is 12.8 Å². The second kappa shape index (κ2) is 7.93. The minimum atomic E-state index is -4.86. The Morgan fingerprint density at radius 1 is 0.968 bits per heavy atom. The maximum Gasteiger partial charge on any atom is 0.417 e. The van der Waals surface area contributed by atoms with Gasteiger partial charge in [0, 0.05) is 39.4 Å². The van der Waals surface area contributed by atoms with E-state index in [9.17, 15) is 34.8 Å². The van der Waals surface area contributed by atoms with E-state index in [-0.39, 0.29) is 36.8 Å². The van der Waals surface area contributed by atoms with Gasteiger partial charge in [-0.25, -0.2) is 16.8 Å². The highest BCUT2D eigenvalue weighted by Crippen LogP contribution is 2.35. The zero-order valence-electron chi connectivity index (χ0n) is 16.2. The molecule has 1 aromatic heterocycles. The van der Waals surface area contributed by atoms with E-state index in [4.69, 9.17) is 5.73 Å². The van der Waals surface area contributed by atoms with Crippen LogP contribution in [0.2, 0.25) is 0 Å². The molecule has 0 unspecified atom stereocenters. The van der Waals surface area contributed by atoms with Crippen LogP contribution in [0.3, 0.4) is 0 Å². The molecule has 2 N–H and O–H groups in total. The highest BCUT2D eigenvalue weighted by Gasteiger charge is 2.40. The predicted molar refractivity (Wildman–Crippen MR) is 103 cm³/mol. The first-order valence-electron chi connectivity index (χ1n) is 8.89. The number of hydrogen-bond acceptors (Lipinski definition) is 5. The Balaban J connectivity index is 1.82. The van der Waals surface area contributed by atoms with E-state index in [1.807, 2.05) is 0 Å².